The average molecular weight is 630 g/mol. The van der Waals surface area contributed by atoms with Gasteiger partial charge in [0.15, 0.2) is 15.6 Å². The Hall–Kier alpha value is -4.84. The van der Waals surface area contributed by atoms with Crippen molar-refractivity contribution in [3.8, 4) is 0 Å². The smallest absolute Gasteiger partial charge is 0.258 e. The fourth-order valence-corrected chi connectivity index (χ4v) is 6.71. The van der Waals surface area contributed by atoms with Crippen LogP contribution >= 0.6 is 0 Å². The number of aromatic nitrogens is 2. The van der Waals surface area contributed by atoms with Crippen LogP contribution in [0, 0.1) is 13.8 Å². The summed E-state index contributed by atoms with van der Waals surface area (Å²) < 4.78 is 25.3. The minimum atomic E-state index is -3.64. The van der Waals surface area contributed by atoms with Crippen molar-refractivity contribution in [3.05, 3.63) is 93.0 Å². The zero-order valence-corrected chi connectivity index (χ0v) is 26.4. The lowest BCUT2D eigenvalue weighted by Gasteiger charge is -2.26. The van der Waals surface area contributed by atoms with Crippen LogP contribution in [0.3, 0.4) is 0 Å². The highest BCUT2D eigenvalue weighted by molar-refractivity contribution is 7.90. The molecule has 0 saturated heterocycles. The Morgan fingerprint density at radius 2 is 1.73 bits per heavy atom. The summed E-state index contributed by atoms with van der Waals surface area (Å²) in [7, 11) is -3.64. The molecule has 2 aliphatic rings. The van der Waals surface area contributed by atoms with Crippen LogP contribution in [-0.4, -0.2) is 53.7 Å². The van der Waals surface area contributed by atoms with Crippen molar-refractivity contribution in [2.24, 2.45) is 0 Å². The number of Topliss-reactive ketones (excluding diaryl/α,β-unsaturated/α-hetero) is 1. The molecule has 1 unspecified atom stereocenters. The number of carbonyl (C=O) groups is 3. The first-order valence-electron chi connectivity index (χ1n) is 14.6. The molecule has 12 heteroatoms. The zero-order chi connectivity index (χ0) is 32.5. The summed E-state index contributed by atoms with van der Waals surface area (Å²) in [5, 5.41) is 6.46. The van der Waals surface area contributed by atoms with Gasteiger partial charge in [-0.3, -0.25) is 19.2 Å². The van der Waals surface area contributed by atoms with Crippen molar-refractivity contribution in [1.82, 2.24) is 14.9 Å². The fourth-order valence-electron chi connectivity index (χ4n) is 5.75. The number of ketones is 1. The van der Waals surface area contributed by atoms with Crippen molar-refractivity contribution >= 4 is 49.7 Å². The summed E-state index contributed by atoms with van der Waals surface area (Å²) >= 11 is 0. The standard InChI is InChI=1S/C33H35N5O6S/c1-5-31(41)38-16-26-19(2)12-22(13-20(26)3)32(37-24-7-9-27-25(15-24)33(42)35-18-34-27)28(39)10-6-21-14-23(36-30(40)17-38)8-11-29(21)45(4,43)44/h7-9,11-15,18,32,37H,5-6,10,16-17H2,1-4H3,(H,36,40)(H,34,35,42). The number of carbonyl (C=O) groups excluding carboxylic acids is 3. The van der Waals surface area contributed by atoms with E-state index >= 15 is 0 Å². The van der Waals surface area contributed by atoms with Crippen LogP contribution in [0.15, 0.2) is 64.5 Å². The van der Waals surface area contributed by atoms with Gasteiger partial charge >= 0.3 is 0 Å². The number of hydrogen-bond donors (Lipinski definition) is 3. The van der Waals surface area contributed by atoms with Crippen LogP contribution < -0.4 is 16.2 Å². The second-order valence-corrected chi connectivity index (χ2v) is 13.4. The molecular formula is C33H35N5O6S. The van der Waals surface area contributed by atoms with Crippen molar-refractivity contribution in [3.63, 3.8) is 0 Å². The lowest BCUT2D eigenvalue weighted by molar-refractivity contribution is -0.135. The van der Waals surface area contributed by atoms with Gasteiger partial charge in [0.1, 0.15) is 12.6 Å². The monoisotopic (exact) mass is 629 g/mol. The van der Waals surface area contributed by atoms with Crippen molar-refractivity contribution in [1.29, 1.82) is 0 Å². The van der Waals surface area contributed by atoms with Crippen LogP contribution in [0.4, 0.5) is 11.4 Å². The summed E-state index contributed by atoms with van der Waals surface area (Å²) in [6.45, 7) is 5.54. The number of fused-ring (bicyclic) bond motifs is 10. The summed E-state index contributed by atoms with van der Waals surface area (Å²) in [5.74, 6) is -0.818. The van der Waals surface area contributed by atoms with Crippen LogP contribution in [0.1, 0.15) is 53.6 Å². The van der Waals surface area contributed by atoms with E-state index in [1.165, 1.54) is 23.4 Å². The Labute approximate surface area is 261 Å². The minimum Gasteiger partial charge on any atom is -0.372 e. The van der Waals surface area contributed by atoms with Crippen LogP contribution in [0.2, 0.25) is 0 Å². The molecule has 0 aliphatic carbocycles. The number of nitrogens with zero attached hydrogens (tertiary/aromatic N) is 2. The molecule has 0 spiro atoms. The van der Waals surface area contributed by atoms with Gasteiger partial charge in [0, 0.05) is 37.0 Å². The molecule has 4 aromatic rings. The van der Waals surface area contributed by atoms with E-state index < -0.39 is 21.8 Å². The zero-order valence-electron chi connectivity index (χ0n) is 25.6. The van der Waals surface area contributed by atoms with Gasteiger partial charge in [-0.1, -0.05) is 19.1 Å². The topological polar surface area (TPSA) is 158 Å². The first-order chi connectivity index (χ1) is 21.3. The largest absolute Gasteiger partial charge is 0.372 e. The predicted octanol–water partition coefficient (Wildman–Crippen LogP) is 3.99. The van der Waals surface area contributed by atoms with Crippen molar-refractivity contribution in [2.45, 2.75) is 57.5 Å². The van der Waals surface area contributed by atoms with Crippen LogP contribution in [-0.2, 0) is 37.2 Å². The number of amides is 2. The number of sulfone groups is 1. The van der Waals surface area contributed by atoms with E-state index in [-0.39, 0.29) is 54.5 Å². The van der Waals surface area contributed by atoms with E-state index in [0.717, 1.165) is 22.9 Å². The van der Waals surface area contributed by atoms with Crippen molar-refractivity contribution in [2.75, 3.05) is 23.4 Å². The highest BCUT2D eigenvalue weighted by Gasteiger charge is 2.26. The van der Waals surface area contributed by atoms with Gasteiger partial charge in [0.25, 0.3) is 5.56 Å². The normalized spacial score (nSPS) is 16.1. The summed E-state index contributed by atoms with van der Waals surface area (Å²) in [4.78, 5) is 60.8. The lowest BCUT2D eigenvalue weighted by Crippen LogP contribution is -2.37. The Kier molecular flexibility index (Phi) is 8.87. The minimum absolute atomic E-state index is 0.00800. The molecule has 234 valence electrons. The molecule has 2 amide bonds. The van der Waals surface area contributed by atoms with E-state index in [0.29, 0.717) is 33.4 Å². The molecule has 3 N–H and O–H groups in total. The number of benzene rings is 3. The van der Waals surface area contributed by atoms with Gasteiger partial charge in [0.05, 0.1) is 22.1 Å². The Morgan fingerprint density at radius 3 is 2.42 bits per heavy atom. The molecule has 1 aromatic heterocycles. The van der Waals surface area contributed by atoms with E-state index in [1.54, 1.807) is 31.2 Å². The average Bonchev–Trinajstić information content (AvgIpc) is 2.98. The van der Waals surface area contributed by atoms with Crippen LogP contribution in [0.25, 0.3) is 10.9 Å². The van der Waals surface area contributed by atoms with Crippen LogP contribution in [0.5, 0.6) is 0 Å². The van der Waals surface area contributed by atoms with Gasteiger partial charge in [-0.05, 0) is 84.5 Å². The van der Waals surface area contributed by atoms with Gasteiger partial charge in [0.2, 0.25) is 11.8 Å². The Balaban J connectivity index is 1.63. The van der Waals surface area contributed by atoms with E-state index in [9.17, 15) is 27.6 Å². The highest BCUT2D eigenvalue weighted by atomic mass is 32.2. The molecule has 2 aliphatic heterocycles. The van der Waals surface area contributed by atoms with Gasteiger partial charge in [-0.25, -0.2) is 13.4 Å². The first-order valence-corrected chi connectivity index (χ1v) is 16.5. The van der Waals surface area contributed by atoms with Gasteiger partial charge in [-0.2, -0.15) is 0 Å². The molecular weight excluding hydrogens is 594 g/mol. The fraction of sp³-hybridized carbons (Fsp3) is 0.303. The van der Waals surface area contributed by atoms with E-state index in [4.69, 9.17) is 0 Å². The summed E-state index contributed by atoms with van der Waals surface area (Å²) in [6.07, 6.45) is 2.73. The maximum absolute atomic E-state index is 14.0. The first kappa shape index (κ1) is 31.6. The Morgan fingerprint density at radius 1 is 1.00 bits per heavy atom. The molecule has 4 bridgehead atoms. The SMILES string of the molecule is CCC(=O)N1CC(=O)Nc2ccc(S(C)(=O)=O)c(c2)CCC(=O)C(Nc2ccc3nc[nH]c(=O)c3c2)c2cc(C)c(c(C)c2)C1. The quantitative estimate of drug-likeness (QED) is 0.306. The Bertz CT molecular complexity index is 1980. The third kappa shape index (κ3) is 6.96. The summed E-state index contributed by atoms with van der Waals surface area (Å²) in [6, 6.07) is 12.5. The van der Waals surface area contributed by atoms with Gasteiger partial charge < -0.3 is 20.5 Å². The molecule has 6 rings (SSSR count). The molecule has 3 aromatic carbocycles. The predicted molar refractivity (Wildman–Crippen MR) is 172 cm³/mol. The lowest BCUT2D eigenvalue weighted by atomic mass is 9.91. The molecule has 45 heavy (non-hydrogen) atoms. The number of nitrogens with one attached hydrogen (secondary N) is 3. The maximum Gasteiger partial charge on any atom is 0.258 e. The number of rotatable bonds is 4. The molecule has 3 heterocycles. The third-order valence-corrected chi connectivity index (χ3v) is 9.25. The second kappa shape index (κ2) is 12.6. The highest BCUT2D eigenvalue weighted by Crippen LogP contribution is 2.30. The molecule has 1 atom stereocenters. The maximum atomic E-state index is 14.0. The summed E-state index contributed by atoms with van der Waals surface area (Å²) in [5.41, 5.74) is 4.72. The molecule has 0 saturated carbocycles. The number of hydrogen-bond acceptors (Lipinski definition) is 8. The second-order valence-electron chi connectivity index (χ2n) is 11.4. The van der Waals surface area contributed by atoms with E-state index in [1.807, 2.05) is 26.0 Å². The number of anilines is 2. The van der Waals surface area contributed by atoms with Crippen molar-refractivity contribution < 1.29 is 22.8 Å². The van der Waals surface area contributed by atoms with Gasteiger partial charge in [-0.15, -0.1) is 0 Å². The number of H-pyrrole nitrogens is 1. The molecule has 0 fully saturated rings. The number of aromatic amines is 1. The third-order valence-electron chi connectivity index (χ3n) is 8.05. The van der Waals surface area contributed by atoms with E-state index in [2.05, 4.69) is 20.6 Å². The molecule has 0 radical (unpaired) electrons. The molecule has 11 nitrogen and oxygen atoms in total. The number of aryl methyl sites for hydroxylation is 3.